The lowest BCUT2D eigenvalue weighted by Crippen LogP contribution is -2.38. The quantitative estimate of drug-likeness (QED) is 0.925. The van der Waals surface area contributed by atoms with Gasteiger partial charge in [0.25, 0.3) is 0 Å². The Bertz CT molecular complexity index is 558. The summed E-state index contributed by atoms with van der Waals surface area (Å²) in [6.45, 7) is 2.24. The van der Waals surface area contributed by atoms with Gasteiger partial charge in [-0.3, -0.25) is 0 Å². The molecule has 1 aromatic heterocycles. The van der Waals surface area contributed by atoms with E-state index in [9.17, 15) is 0 Å². The van der Waals surface area contributed by atoms with Gasteiger partial charge in [-0.25, -0.2) is 0 Å². The van der Waals surface area contributed by atoms with E-state index in [1.807, 2.05) is 24.3 Å². The number of nitrogens with one attached hydrogen (secondary N) is 1. The average molecular weight is 340 g/mol. The molecule has 3 rings (SSSR count). The summed E-state index contributed by atoms with van der Waals surface area (Å²) in [7, 11) is 0. The van der Waals surface area contributed by atoms with Crippen LogP contribution >= 0.6 is 27.3 Å². The first-order chi connectivity index (χ1) is 9.31. The van der Waals surface area contributed by atoms with Crippen LogP contribution in [0.4, 0.5) is 0 Å². The highest BCUT2D eigenvalue weighted by Crippen LogP contribution is 2.30. The van der Waals surface area contributed by atoms with Gasteiger partial charge in [0.05, 0.1) is 0 Å². The Hall–Kier alpha value is -1.04. The maximum Gasteiger partial charge on any atom is 0.161 e. The number of fused-ring (bicyclic) bond motifs is 1. The molecular formula is C14H14BrNO2S. The van der Waals surface area contributed by atoms with Crippen molar-refractivity contribution in [3.05, 3.63) is 45.1 Å². The summed E-state index contributed by atoms with van der Waals surface area (Å²) < 4.78 is 12.7. The van der Waals surface area contributed by atoms with Crippen LogP contribution in [0.15, 0.2) is 40.2 Å². The van der Waals surface area contributed by atoms with Crippen molar-refractivity contribution in [1.29, 1.82) is 0 Å². The number of halogens is 1. The molecule has 1 aromatic carbocycles. The van der Waals surface area contributed by atoms with Crippen molar-refractivity contribution in [3.63, 3.8) is 0 Å². The summed E-state index contributed by atoms with van der Waals surface area (Å²) >= 11 is 5.20. The Balaban J connectivity index is 1.50. The first-order valence-electron chi connectivity index (χ1n) is 6.13. The van der Waals surface area contributed by atoms with Gasteiger partial charge in [-0.1, -0.05) is 12.1 Å². The van der Waals surface area contributed by atoms with E-state index >= 15 is 0 Å². The number of ether oxygens (including phenoxy) is 2. The summed E-state index contributed by atoms with van der Waals surface area (Å²) in [6.07, 6.45) is 0.0679. The van der Waals surface area contributed by atoms with Gasteiger partial charge in [0.2, 0.25) is 0 Å². The van der Waals surface area contributed by atoms with Crippen molar-refractivity contribution in [2.24, 2.45) is 0 Å². The zero-order valence-corrected chi connectivity index (χ0v) is 12.7. The van der Waals surface area contributed by atoms with Gasteiger partial charge in [-0.15, -0.1) is 11.3 Å². The molecule has 0 spiro atoms. The van der Waals surface area contributed by atoms with E-state index in [1.165, 1.54) is 4.88 Å². The minimum Gasteiger partial charge on any atom is -0.486 e. The summed E-state index contributed by atoms with van der Waals surface area (Å²) in [6, 6.07) is 9.92. The lowest BCUT2D eigenvalue weighted by atomic mass is 10.2. The maximum absolute atomic E-state index is 5.88. The monoisotopic (exact) mass is 339 g/mol. The molecule has 3 nitrogen and oxygen atoms in total. The largest absolute Gasteiger partial charge is 0.486 e. The smallest absolute Gasteiger partial charge is 0.161 e. The van der Waals surface area contributed by atoms with Crippen molar-refractivity contribution in [2.45, 2.75) is 12.6 Å². The van der Waals surface area contributed by atoms with Crippen LogP contribution in [0.5, 0.6) is 11.5 Å². The highest BCUT2D eigenvalue weighted by Gasteiger charge is 2.19. The highest BCUT2D eigenvalue weighted by atomic mass is 79.9. The first-order valence-corrected chi connectivity index (χ1v) is 7.80. The molecule has 0 aliphatic carbocycles. The van der Waals surface area contributed by atoms with E-state index in [0.29, 0.717) is 6.61 Å². The van der Waals surface area contributed by atoms with E-state index < -0.39 is 0 Å². The predicted octanol–water partition coefficient (Wildman–Crippen LogP) is 3.44. The fourth-order valence-corrected chi connectivity index (χ4v) is 3.39. The molecule has 19 heavy (non-hydrogen) atoms. The van der Waals surface area contributed by atoms with Gasteiger partial charge in [-0.2, -0.15) is 0 Å². The highest BCUT2D eigenvalue weighted by molar-refractivity contribution is 9.10. The molecular weight excluding hydrogens is 326 g/mol. The van der Waals surface area contributed by atoms with Crippen molar-refractivity contribution in [2.75, 3.05) is 13.2 Å². The minimum atomic E-state index is 0.0679. The molecule has 0 unspecified atom stereocenters. The molecule has 1 N–H and O–H groups in total. The maximum atomic E-state index is 5.88. The van der Waals surface area contributed by atoms with Crippen LogP contribution in [0.3, 0.4) is 0 Å². The van der Waals surface area contributed by atoms with Crippen LogP contribution in [0, 0.1) is 0 Å². The Morgan fingerprint density at radius 1 is 1.32 bits per heavy atom. The standard InChI is InChI=1S/C14H14BrNO2S/c15-10-5-12(19-9-10)7-16-6-11-8-17-13-3-1-2-4-14(13)18-11/h1-5,9,11,16H,6-8H2/t11-/m0/s1. The summed E-state index contributed by atoms with van der Waals surface area (Å²) in [4.78, 5) is 1.31. The number of rotatable bonds is 4. The van der Waals surface area contributed by atoms with Crippen LogP contribution in [-0.4, -0.2) is 19.3 Å². The third-order valence-electron chi connectivity index (χ3n) is 2.86. The van der Waals surface area contributed by atoms with Crippen molar-refractivity contribution in [1.82, 2.24) is 5.32 Å². The first kappa shape index (κ1) is 13.0. The normalized spacial score (nSPS) is 17.4. The van der Waals surface area contributed by atoms with Gasteiger partial charge >= 0.3 is 0 Å². The third kappa shape index (κ3) is 3.29. The second-order valence-electron chi connectivity index (χ2n) is 4.36. The predicted molar refractivity (Wildman–Crippen MR) is 80.1 cm³/mol. The van der Waals surface area contributed by atoms with Crippen LogP contribution in [0.25, 0.3) is 0 Å². The van der Waals surface area contributed by atoms with E-state index in [1.54, 1.807) is 11.3 Å². The van der Waals surface area contributed by atoms with E-state index in [-0.39, 0.29) is 6.10 Å². The molecule has 0 radical (unpaired) electrons. The molecule has 0 bridgehead atoms. The molecule has 1 atom stereocenters. The number of para-hydroxylation sites is 2. The topological polar surface area (TPSA) is 30.5 Å². The van der Waals surface area contributed by atoms with Crippen molar-refractivity contribution >= 4 is 27.3 Å². The van der Waals surface area contributed by atoms with Crippen molar-refractivity contribution < 1.29 is 9.47 Å². The third-order valence-corrected chi connectivity index (χ3v) is 4.56. The minimum absolute atomic E-state index is 0.0679. The molecule has 0 fully saturated rings. The number of benzene rings is 1. The van der Waals surface area contributed by atoms with Crippen LogP contribution in [-0.2, 0) is 6.54 Å². The summed E-state index contributed by atoms with van der Waals surface area (Å²) in [5.74, 6) is 1.67. The van der Waals surface area contributed by atoms with Gasteiger partial charge in [-0.05, 0) is 34.1 Å². The second kappa shape index (κ2) is 5.94. The Kier molecular flexibility index (Phi) is 4.06. The van der Waals surface area contributed by atoms with Crippen LogP contribution < -0.4 is 14.8 Å². The van der Waals surface area contributed by atoms with Crippen LogP contribution in [0.2, 0.25) is 0 Å². The summed E-state index contributed by atoms with van der Waals surface area (Å²) in [5.41, 5.74) is 0. The molecule has 2 heterocycles. The van der Waals surface area contributed by atoms with Gasteiger partial charge in [0.15, 0.2) is 11.5 Å². The van der Waals surface area contributed by atoms with Crippen LogP contribution in [0.1, 0.15) is 4.88 Å². The molecule has 1 aliphatic rings. The Morgan fingerprint density at radius 2 is 2.16 bits per heavy atom. The molecule has 0 saturated carbocycles. The zero-order valence-electron chi connectivity index (χ0n) is 10.3. The molecule has 2 aromatic rings. The Morgan fingerprint density at radius 3 is 2.95 bits per heavy atom. The van der Waals surface area contributed by atoms with Gasteiger partial charge in [0, 0.05) is 27.8 Å². The van der Waals surface area contributed by atoms with E-state index in [4.69, 9.17) is 9.47 Å². The second-order valence-corrected chi connectivity index (χ2v) is 6.27. The average Bonchev–Trinajstić information content (AvgIpc) is 2.84. The lowest BCUT2D eigenvalue weighted by molar-refractivity contribution is 0.0903. The Labute approximate surface area is 124 Å². The molecule has 5 heteroatoms. The molecule has 0 amide bonds. The van der Waals surface area contributed by atoms with E-state index in [0.717, 1.165) is 29.1 Å². The van der Waals surface area contributed by atoms with Crippen molar-refractivity contribution in [3.8, 4) is 11.5 Å². The SMILES string of the molecule is Brc1csc(CNC[C@H]2COc3ccccc3O2)c1. The fraction of sp³-hybridized carbons (Fsp3) is 0.286. The summed E-state index contributed by atoms with van der Waals surface area (Å²) in [5, 5.41) is 5.49. The zero-order chi connectivity index (χ0) is 13.1. The number of hydrogen-bond donors (Lipinski definition) is 1. The van der Waals surface area contributed by atoms with E-state index in [2.05, 4.69) is 32.7 Å². The van der Waals surface area contributed by atoms with Gasteiger partial charge in [0.1, 0.15) is 12.7 Å². The fourth-order valence-electron chi connectivity index (χ4n) is 1.97. The molecule has 100 valence electrons. The number of thiophene rings is 1. The molecule has 1 aliphatic heterocycles. The van der Waals surface area contributed by atoms with Gasteiger partial charge < -0.3 is 14.8 Å². The molecule has 0 saturated heterocycles. The number of hydrogen-bond acceptors (Lipinski definition) is 4. The lowest BCUT2D eigenvalue weighted by Gasteiger charge is -2.26.